The lowest BCUT2D eigenvalue weighted by atomic mass is 9.95. The molecule has 0 bridgehead atoms. The zero-order valence-corrected chi connectivity index (χ0v) is 22.6. The maximum Gasteiger partial charge on any atom is 0.338 e. The SMILES string of the molecule is CCOC(=O)C1=C(C)N=c2s/c(=C\c3ccc(-c4ccc(C)cc4[N+](=O)[O-])o3)c(=O)n2C1c1ccc(C)cc1. The van der Waals surface area contributed by atoms with E-state index in [0.29, 0.717) is 37.7 Å². The third kappa shape index (κ3) is 4.86. The second-order valence-corrected chi connectivity index (χ2v) is 10.2. The predicted molar refractivity (Wildman–Crippen MR) is 147 cm³/mol. The number of hydrogen-bond acceptors (Lipinski definition) is 8. The Morgan fingerprint density at radius 3 is 2.54 bits per heavy atom. The lowest BCUT2D eigenvalue weighted by Gasteiger charge is -2.24. The van der Waals surface area contributed by atoms with Crippen molar-refractivity contribution in [2.24, 2.45) is 4.99 Å². The molecule has 4 aromatic rings. The van der Waals surface area contributed by atoms with E-state index in [-0.39, 0.29) is 17.9 Å². The van der Waals surface area contributed by atoms with E-state index in [1.807, 2.05) is 31.2 Å². The number of nitro groups is 1. The number of furan rings is 1. The molecule has 5 rings (SSSR count). The maximum absolute atomic E-state index is 13.7. The van der Waals surface area contributed by atoms with Crippen LogP contribution >= 0.6 is 11.3 Å². The van der Waals surface area contributed by atoms with Crippen molar-refractivity contribution in [3.05, 3.63) is 118 Å². The molecule has 0 N–H and O–H groups in total. The predicted octanol–water partition coefficient (Wildman–Crippen LogP) is 4.58. The summed E-state index contributed by atoms with van der Waals surface area (Å²) >= 11 is 1.18. The fourth-order valence-electron chi connectivity index (χ4n) is 4.56. The average Bonchev–Trinajstić information content (AvgIpc) is 3.48. The van der Waals surface area contributed by atoms with Crippen LogP contribution in [0.1, 0.15) is 42.3 Å². The molecule has 0 saturated carbocycles. The number of benzene rings is 2. The molecule has 1 aliphatic heterocycles. The summed E-state index contributed by atoms with van der Waals surface area (Å²) in [5, 5.41) is 11.6. The maximum atomic E-state index is 13.7. The topological polar surface area (TPSA) is 117 Å². The van der Waals surface area contributed by atoms with Gasteiger partial charge in [0.1, 0.15) is 11.5 Å². The van der Waals surface area contributed by atoms with Gasteiger partial charge in [-0.3, -0.25) is 19.5 Å². The zero-order chi connectivity index (χ0) is 27.8. The Balaban J connectivity index is 1.63. The molecular weight excluding hydrogens is 518 g/mol. The van der Waals surface area contributed by atoms with Gasteiger partial charge in [0.15, 0.2) is 4.80 Å². The first kappa shape index (κ1) is 26.1. The molecule has 0 fully saturated rings. The van der Waals surface area contributed by atoms with E-state index in [2.05, 4.69) is 4.99 Å². The zero-order valence-electron chi connectivity index (χ0n) is 21.8. The molecule has 1 unspecified atom stereocenters. The summed E-state index contributed by atoms with van der Waals surface area (Å²) in [5.41, 5.74) is 3.32. The van der Waals surface area contributed by atoms with Crippen molar-refractivity contribution in [1.29, 1.82) is 0 Å². The second-order valence-electron chi connectivity index (χ2n) is 9.19. The second kappa shape index (κ2) is 10.3. The molecule has 3 heterocycles. The minimum atomic E-state index is -0.703. The van der Waals surface area contributed by atoms with Gasteiger partial charge in [-0.05, 0) is 57.0 Å². The number of aryl methyl sites for hydroxylation is 2. The van der Waals surface area contributed by atoms with Crippen molar-refractivity contribution in [1.82, 2.24) is 4.57 Å². The number of nitrogens with zero attached hydrogens (tertiary/aromatic N) is 3. The normalized spacial score (nSPS) is 15.2. The van der Waals surface area contributed by atoms with Crippen LogP contribution in [-0.2, 0) is 9.53 Å². The highest BCUT2D eigenvalue weighted by Crippen LogP contribution is 2.33. The van der Waals surface area contributed by atoms with Crippen LogP contribution in [0, 0.1) is 24.0 Å². The largest absolute Gasteiger partial charge is 0.463 e. The number of aromatic nitrogens is 1. The molecule has 39 heavy (non-hydrogen) atoms. The summed E-state index contributed by atoms with van der Waals surface area (Å²) in [7, 11) is 0. The van der Waals surface area contributed by atoms with Crippen molar-refractivity contribution in [2.45, 2.75) is 33.7 Å². The summed E-state index contributed by atoms with van der Waals surface area (Å²) in [6.07, 6.45) is 1.59. The number of esters is 1. The first-order chi connectivity index (χ1) is 18.7. The number of ether oxygens (including phenoxy) is 1. The molecule has 0 saturated heterocycles. The number of hydrogen-bond donors (Lipinski definition) is 0. The van der Waals surface area contributed by atoms with E-state index in [1.165, 1.54) is 22.0 Å². The Morgan fingerprint density at radius 2 is 1.85 bits per heavy atom. The highest BCUT2D eigenvalue weighted by atomic mass is 32.1. The van der Waals surface area contributed by atoms with E-state index in [4.69, 9.17) is 9.15 Å². The lowest BCUT2D eigenvalue weighted by Crippen LogP contribution is -2.39. The van der Waals surface area contributed by atoms with E-state index in [0.717, 1.165) is 16.7 Å². The number of rotatable bonds is 6. The fraction of sp³-hybridized carbons (Fsp3) is 0.207. The van der Waals surface area contributed by atoms with Gasteiger partial charge < -0.3 is 9.15 Å². The summed E-state index contributed by atoms with van der Waals surface area (Å²) in [6, 6.07) is 15.1. The van der Waals surface area contributed by atoms with E-state index >= 15 is 0 Å². The van der Waals surface area contributed by atoms with Gasteiger partial charge in [0.25, 0.3) is 11.2 Å². The standard InChI is InChI=1S/C29H25N3O6S/c1-5-37-28(34)25-18(4)30-29-31(26(25)19-9-6-16(2)7-10-19)27(33)24(39-29)15-20-11-13-23(38-20)21-12-8-17(3)14-22(21)32(35)36/h6-15,26H,5H2,1-4H3/b24-15-. The molecule has 1 aliphatic rings. The highest BCUT2D eigenvalue weighted by molar-refractivity contribution is 7.07. The van der Waals surface area contributed by atoms with Gasteiger partial charge in [0.05, 0.1) is 38.9 Å². The Bertz CT molecular complexity index is 1830. The molecule has 198 valence electrons. The molecule has 2 aromatic heterocycles. The third-order valence-corrected chi connectivity index (χ3v) is 7.41. The molecule has 1 atom stereocenters. The molecule has 0 amide bonds. The number of thiazole rings is 1. The molecular formula is C29H25N3O6S. The van der Waals surface area contributed by atoms with Crippen LogP contribution in [0.15, 0.2) is 80.1 Å². The Morgan fingerprint density at radius 1 is 1.13 bits per heavy atom. The van der Waals surface area contributed by atoms with Gasteiger partial charge in [0.2, 0.25) is 0 Å². The Labute approximate surface area is 227 Å². The van der Waals surface area contributed by atoms with Crippen LogP contribution in [0.25, 0.3) is 17.4 Å². The lowest BCUT2D eigenvalue weighted by molar-refractivity contribution is -0.384. The van der Waals surface area contributed by atoms with Gasteiger partial charge in [-0.1, -0.05) is 47.2 Å². The van der Waals surface area contributed by atoms with E-state index in [1.54, 1.807) is 51.1 Å². The van der Waals surface area contributed by atoms with Crippen molar-refractivity contribution >= 4 is 29.1 Å². The van der Waals surface area contributed by atoms with Crippen LogP contribution < -0.4 is 14.9 Å². The molecule has 9 nitrogen and oxygen atoms in total. The summed E-state index contributed by atoms with van der Waals surface area (Å²) in [4.78, 5) is 42.9. The molecule has 10 heteroatoms. The first-order valence-corrected chi connectivity index (χ1v) is 13.1. The molecule has 0 aliphatic carbocycles. The highest BCUT2D eigenvalue weighted by Gasteiger charge is 2.33. The Kier molecular flexibility index (Phi) is 6.88. The number of nitro benzene ring substituents is 1. The summed E-state index contributed by atoms with van der Waals surface area (Å²) in [5.74, 6) is 0.158. The van der Waals surface area contributed by atoms with Crippen molar-refractivity contribution < 1.29 is 18.9 Å². The number of allylic oxidation sites excluding steroid dienone is 1. The molecule has 0 spiro atoms. The fourth-order valence-corrected chi connectivity index (χ4v) is 5.59. The van der Waals surface area contributed by atoms with E-state index in [9.17, 15) is 19.7 Å². The van der Waals surface area contributed by atoms with Crippen molar-refractivity contribution in [2.75, 3.05) is 6.61 Å². The minimum Gasteiger partial charge on any atom is -0.463 e. The van der Waals surface area contributed by atoms with E-state index < -0.39 is 16.9 Å². The van der Waals surface area contributed by atoms with Gasteiger partial charge in [-0.15, -0.1) is 0 Å². The summed E-state index contributed by atoms with van der Waals surface area (Å²) < 4.78 is 13.1. The minimum absolute atomic E-state index is 0.0599. The van der Waals surface area contributed by atoms with Gasteiger partial charge in [-0.2, -0.15) is 0 Å². The monoisotopic (exact) mass is 543 g/mol. The summed E-state index contributed by atoms with van der Waals surface area (Å²) in [6.45, 7) is 7.40. The first-order valence-electron chi connectivity index (χ1n) is 12.3. The quantitative estimate of drug-likeness (QED) is 0.200. The van der Waals surface area contributed by atoms with Gasteiger partial charge in [-0.25, -0.2) is 9.79 Å². The number of carbonyl (C=O) groups excluding carboxylic acids is 1. The molecule has 0 radical (unpaired) electrons. The van der Waals surface area contributed by atoms with Gasteiger partial charge >= 0.3 is 5.97 Å². The van der Waals surface area contributed by atoms with Crippen LogP contribution in [0.2, 0.25) is 0 Å². The van der Waals surface area contributed by atoms with Crippen molar-refractivity contribution in [3.63, 3.8) is 0 Å². The number of fused-ring (bicyclic) bond motifs is 1. The molecule has 2 aromatic carbocycles. The van der Waals surface area contributed by atoms with Crippen LogP contribution in [0.5, 0.6) is 0 Å². The average molecular weight is 544 g/mol. The van der Waals surface area contributed by atoms with Crippen LogP contribution in [0.3, 0.4) is 0 Å². The van der Waals surface area contributed by atoms with Gasteiger partial charge in [0, 0.05) is 12.1 Å². The smallest absolute Gasteiger partial charge is 0.338 e. The Hall–Kier alpha value is -4.57. The number of carbonyl (C=O) groups is 1. The van der Waals surface area contributed by atoms with Crippen molar-refractivity contribution in [3.8, 4) is 11.3 Å². The third-order valence-electron chi connectivity index (χ3n) is 6.43. The van der Waals surface area contributed by atoms with Crippen LogP contribution in [-0.4, -0.2) is 22.1 Å². The van der Waals surface area contributed by atoms with Crippen LogP contribution in [0.4, 0.5) is 5.69 Å².